The van der Waals surface area contributed by atoms with Crippen molar-refractivity contribution in [2.24, 2.45) is 0 Å². The fourth-order valence-corrected chi connectivity index (χ4v) is 2.47. The van der Waals surface area contributed by atoms with E-state index < -0.39 is 17.7 Å². The predicted octanol–water partition coefficient (Wildman–Crippen LogP) is 3.93. The average molecular weight is 315 g/mol. The zero-order chi connectivity index (χ0) is 15.5. The number of halogens is 3. The second-order valence-electron chi connectivity index (χ2n) is 4.22. The third-order valence-electron chi connectivity index (χ3n) is 2.67. The van der Waals surface area contributed by atoms with E-state index >= 15 is 0 Å². The first-order valence-corrected chi connectivity index (χ1v) is 7.05. The largest absolute Gasteiger partial charge is 0.461 e. The number of benzene rings is 1. The van der Waals surface area contributed by atoms with Crippen molar-refractivity contribution in [3.05, 3.63) is 51.5 Å². The van der Waals surface area contributed by atoms with E-state index in [0.717, 1.165) is 12.1 Å². The molecular formula is C14H12F3NO2S. The highest BCUT2D eigenvalue weighted by Crippen LogP contribution is 2.29. The molecule has 0 aliphatic rings. The van der Waals surface area contributed by atoms with Crippen LogP contribution >= 0.6 is 11.3 Å². The summed E-state index contributed by atoms with van der Waals surface area (Å²) in [5.41, 5.74) is 0.245. The molecule has 0 aliphatic heterocycles. The molecule has 0 fully saturated rings. The molecule has 0 radical (unpaired) electrons. The molecule has 0 unspecified atom stereocenters. The van der Waals surface area contributed by atoms with Crippen molar-refractivity contribution in [1.82, 2.24) is 4.98 Å². The van der Waals surface area contributed by atoms with E-state index in [1.165, 1.54) is 23.5 Å². The molecule has 0 bridgehead atoms. The van der Waals surface area contributed by atoms with Crippen LogP contribution in [0.25, 0.3) is 0 Å². The van der Waals surface area contributed by atoms with Gasteiger partial charge in [-0.15, -0.1) is 11.3 Å². The molecule has 7 heteroatoms. The molecule has 2 aromatic rings. The molecule has 0 amide bonds. The first-order valence-electron chi connectivity index (χ1n) is 6.18. The lowest BCUT2D eigenvalue weighted by molar-refractivity contribution is -0.137. The Hall–Kier alpha value is -1.89. The fourth-order valence-electron chi connectivity index (χ4n) is 1.68. The zero-order valence-corrected chi connectivity index (χ0v) is 11.9. The Labute approximate surface area is 123 Å². The summed E-state index contributed by atoms with van der Waals surface area (Å²) in [5.74, 6) is -0.493. The van der Waals surface area contributed by atoms with Crippen LogP contribution in [0.4, 0.5) is 13.2 Å². The lowest BCUT2D eigenvalue weighted by Crippen LogP contribution is -2.05. The van der Waals surface area contributed by atoms with Crippen LogP contribution in [0.3, 0.4) is 0 Å². The summed E-state index contributed by atoms with van der Waals surface area (Å²) >= 11 is 1.27. The topological polar surface area (TPSA) is 39.2 Å². The predicted molar refractivity (Wildman–Crippen MR) is 72.3 cm³/mol. The molecule has 3 nitrogen and oxygen atoms in total. The van der Waals surface area contributed by atoms with E-state index in [2.05, 4.69) is 4.98 Å². The SMILES string of the molecule is CCOC(=O)c1csc(Cc2ccc(C(F)(F)F)cc2)n1. The monoisotopic (exact) mass is 315 g/mol. The summed E-state index contributed by atoms with van der Waals surface area (Å²) in [6.07, 6.45) is -3.96. The summed E-state index contributed by atoms with van der Waals surface area (Å²) in [5, 5.41) is 2.23. The Balaban J connectivity index is 2.07. The first-order chi connectivity index (χ1) is 9.90. The summed E-state index contributed by atoms with van der Waals surface area (Å²) in [7, 11) is 0. The van der Waals surface area contributed by atoms with Crippen molar-refractivity contribution in [2.75, 3.05) is 6.61 Å². The van der Waals surface area contributed by atoms with Gasteiger partial charge in [-0.25, -0.2) is 9.78 Å². The van der Waals surface area contributed by atoms with Gasteiger partial charge in [-0.3, -0.25) is 0 Å². The average Bonchev–Trinajstić information content (AvgIpc) is 2.87. The summed E-state index contributed by atoms with van der Waals surface area (Å²) in [4.78, 5) is 15.6. The third kappa shape index (κ3) is 4.04. The lowest BCUT2D eigenvalue weighted by Gasteiger charge is -2.06. The first kappa shape index (κ1) is 15.5. The van der Waals surface area contributed by atoms with Gasteiger partial charge in [-0.05, 0) is 24.6 Å². The highest BCUT2D eigenvalue weighted by atomic mass is 32.1. The van der Waals surface area contributed by atoms with E-state index in [4.69, 9.17) is 4.74 Å². The van der Waals surface area contributed by atoms with Gasteiger partial charge in [-0.1, -0.05) is 12.1 Å². The number of hydrogen-bond acceptors (Lipinski definition) is 4. The van der Waals surface area contributed by atoms with Gasteiger partial charge in [0.05, 0.1) is 17.2 Å². The van der Waals surface area contributed by atoms with Crippen LogP contribution in [-0.2, 0) is 17.3 Å². The van der Waals surface area contributed by atoms with Crippen molar-refractivity contribution in [2.45, 2.75) is 19.5 Å². The van der Waals surface area contributed by atoms with Gasteiger partial charge in [0, 0.05) is 11.8 Å². The number of carbonyl (C=O) groups excluding carboxylic acids is 1. The molecule has 1 aromatic carbocycles. The van der Waals surface area contributed by atoms with Crippen molar-refractivity contribution >= 4 is 17.3 Å². The number of rotatable bonds is 4. The van der Waals surface area contributed by atoms with Gasteiger partial charge in [0.25, 0.3) is 0 Å². The van der Waals surface area contributed by atoms with Crippen LogP contribution in [0, 0.1) is 0 Å². The molecule has 2 rings (SSSR count). The fraction of sp³-hybridized carbons (Fsp3) is 0.286. The molecule has 0 atom stereocenters. The van der Waals surface area contributed by atoms with Crippen molar-refractivity contribution in [1.29, 1.82) is 0 Å². The van der Waals surface area contributed by atoms with Crippen LogP contribution < -0.4 is 0 Å². The molecule has 21 heavy (non-hydrogen) atoms. The minimum absolute atomic E-state index is 0.226. The van der Waals surface area contributed by atoms with Gasteiger partial charge in [0.1, 0.15) is 0 Å². The van der Waals surface area contributed by atoms with Crippen LogP contribution in [-0.4, -0.2) is 17.6 Å². The number of carbonyl (C=O) groups is 1. The minimum Gasteiger partial charge on any atom is -0.461 e. The van der Waals surface area contributed by atoms with E-state index in [0.29, 0.717) is 17.0 Å². The Kier molecular flexibility index (Phi) is 4.62. The van der Waals surface area contributed by atoms with E-state index in [9.17, 15) is 18.0 Å². The Bertz CT molecular complexity index is 620. The van der Waals surface area contributed by atoms with Crippen LogP contribution in [0.1, 0.15) is 33.5 Å². The molecule has 1 aromatic heterocycles. The van der Waals surface area contributed by atoms with Crippen LogP contribution in [0.5, 0.6) is 0 Å². The summed E-state index contributed by atoms with van der Waals surface area (Å²) in [6.45, 7) is 1.97. The quantitative estimate of drug-likeness (QED) is 0.803. The van der Waals surface area contributed by atoms with Crippen molar-refractivity contribution in [3.63, 3.8) is 0 Å². The number of ether oxygens (including phenoxy) is 1. The van der Waals surface area contributed by atoms with Gasteiger partial charge < -0.3 is 4.74 Å². The van der Waals surface area contributed by atoms with Crippen LogP contribution in [0.2, 0.25) is 0 Å². The van der Waals surface area contributed by atoms with Gasteiger partial charge in [-0.2, -0.15) is 13.2 Å². The van der Waals surface area contributed by atoms with Gasteiger partial charge in [0.2, 0.25) is 0 Å². The smallest absolute Gasteiger partial charge is 0.416 e. The minimum atomic E-state index is -4.34. The number of aromatic nitrogens is 1. The molecule has 112 valence electrons. The molecule has 0 spiro atoms. The maximum absolute atomic E-state index is 12.4. The highest BCUT2D eigenvalue weighted by molar-refractivity contribution is 7.09. The molecule has 0 saturated carbocycles. The van der Waals surface area contributed by atoms with Gasteiger partial charge in [0.15, 0.2) is 5.69 Å². The summed E-state index contributed by atoms with van der Waals surface area (Å²) < 4.78 is 42.2. The maximum Gasteiger partial charge on any atom is 0.416 e. The molecular weight excluding hydrogens is 303 g/mol. The van der Waals surface area contributed by atoms with Crippen LogP contribution in [0.15, 0.2) is 29.6 Å². The van der Waals surface area contributed by atoms with Crippen molar-refractivity contribution in [3.8, 4) is 0 Å². The Morgan fingerprint density at radius 3 is 2.52 bits per heavy atom. The standard InChI is InChI=1S/C14H12F3NO2S/c1-2-20-13(19)11-8-21-12(18-11)7-9-3-5-10(6-4-9)14(15,16)17/h3-6,8H,2,7H2,1H3. The molecule has 0 aliphatic carbocycles. The second kappa shape index (κ2) is 6.26. The second-order valence-corrected chi connectivity index (χ2v) is 5.16. The van der Waals surface area contributed by atoms with E-state index in [1.54, 1.807) is 12.3 Å². The molecule has 1 heterocycles. The number of esters is 1. The van der Waals surface area contributed by atoms with Gasteiger partial charge >= 0.3 is 12.1 Å². The normalized spacial score (nSPS) is 11.4. The summed E-state index contributed by atoms with van der Waals surface area (Å²) in [6, 6.07) is 4.90. The maximum atomic E-state index is 12.4. The zero-order valence-electron chi connectivity index (χ0n) is 11.1. The van der Waals surface area contributed by atoms with E-state index in [-0.39, 0.29) is 12.3 Å². The number of nitrogens with zero attached hydrogens (tertiary/aromatic N) is 1. The Morgan fingerprint density at radius 2 is 1.95 bits per heavy atom. The molecule has 0 N–H and O–H groups in total. The number of thiazole rings is 1. The number of alkyl halides is 3. The Morgan fingerprint density at radius 1 is 1.29 bits per heavy atom. The lowest BCUT2D eigenvalue weighted by atomic mass is 10.1. The molecule has 0 saturated heterocycles. The van der Waals surface area contributed by atoms with Crippen molar-refractivity contribution < 1.29 is 22.7 Å². The third-order valence-corrected chi connectivity index (χ3v) is 3.52. The highest BCUT2D eigenvalue weighted by Gasteiger charge is 2.29. The van der Waals surface area contributed by atoms with E-state index in [1.807, 2.05) is 0 Å². The number of hydrogen-bond donors (Lipinski definition) is 0.